The highest BCUT2D eigenvalue weighted by Gasteiger charge is 2.21. The fraction of sp³-hybridized carbons (Fsp3) is 0.133. The lowest BCUT2D eigenvalue weighted by atomic mass is 10.3. The molecule has 0 unspecified atom stereocenters. The third-order valence-electron chi connectivity index (χ3n) is 2.94. The summed E-state index contributed by atoms with van der Waals surface area (Å²) in [4.78, 5) is 12.1. The van der Waals surface area contributed by atoms with Crippen molar-refractivity contribution >= 4 is 38.9 Å². The number of halogens is 2. The monoisotopic (exact) mass is 356 g/mol. The summed E-state index contributed by atoms with van der Waals surface area (Å²) in [7, 11) is -3.74. The van der Waals surface area contributed by atoms with E-state index in [-0.39, 0.29) is 10.7 Å². The number of anilines is 2. The van der Waals surface area contributed by atoms with Gasteiger partial charge in [0.05, 0.1) is 17.0 Å². The highest BCUT2D eigenvalue weighted by atomic mass is 35.5. The summed E-state index contributed by atoms with van der Waals surface area (Å²) in [5.41, 5.74) is 0.658. The van der Waals surface area contributed by atoms with Crippen molar-refractivity contribution in [2.75, 3.05) is 22.4 Å². The number of carbonyl (C=O) groups excluding carboxylic acids is 1. The van der Waals surface area contributed by atoms with Crippen LogP contribution in [-0.4, -0.2) is 27.1 Å². The molecular weight excluding hydrogens is 343 g/mol. The summed E-state index contributed by atoms with van der Waals surface area (Å²) in [6.07, 6.45) is 0.958. The van der Waals surface area contributed by atoms with E-state index in [9.17, 15) is 17.6 Å². The molecule has 0 saturated heterocycles. The second kappa shape index (κ2) is 6.97. The van der Waals surface area contributed by atoms with Crippen LogP contribution in [0.15, 0.2) is 48.5 Å². The summed E-state index contributed by atoms with van der Waals surface area (Å²) in [5.74, 6) is -1.19. The molecule has 0 aliphatic carbocycles. The average Bonchev–Trinajstić information content (AvgIpc) is 2.48. The molecule has 0 saturated carbocycles. The first kappa shape index (κ1) is 17.2. The molecule has 0 atom stereocenters. The van der Waals surface area contributed by atoms with Crippen LogP contribution >= 0.6 is 11.6 Å². The van der Waals surface area contributed by atoms with Crippen molar-refractivity contribution in [3.8, 4) is 0 Å². The number of benzene rings is 2. The van der Waals surface area contributed by atoms with E-state index >= 15 is 0 Å². The largest absolute Gasteiger partial charge is 0.325 e. The molecule has 2 rings (SSSR count). The van der Waals surface area contributed by atoms with Crippen molar-refractivity contribution in [3.05, 3.63) is 59.4 Å². The molecule has 0 aliphatic rings. The minimum atomic E-state index is -3.74. The molecule has 0 radical (unpaired) electrons. The van der Waals surface area contributed by atoms with Gasteiger partial charge in [-0.1, -0.05) is 29.8 Å². The van der Waals surface area contributed by atoms with Crippen molar-refractivity contribution in [1.82, 2.24) is 0 Å². The first-order valence-corrected chi connectivity index (χ1v) is 8.77. The quantitative estimate of drug-likeness (QED) is 0.895. The number of rotatable bonds is 5. The average molecular weight is 357 g/mol. The van der Waals surface area contributed by atoms with Gasteiger partial charge in [0.1, 0.15) is 12.4 Å². The summed E-state index contributed by atoms with van der Waals surface area (Å²) in [5, 5.41) is 2.37. The van der Waals surface area contributed by atoms with E-state index in [2.05, 4.69) is 5.32 Å². The van der Waals surface area contributed by atoms with Crippen LogP contribution in [0.5, 0.6) is 0 Å². The van der Waals surface area contributed by atoms with Gasteiger partial charge in [-0.2, -0.15) is 0 Å². The van der Waals surface area contributed by atoms with Gasteiger partial charge in [-0.05, 0) is 30.3 Å². The van der Waals surface area contributed by atoms with Crippen LogP contribution in [0.2, 0.25) is 5.02 Å². The van der Waals surface area contributed by atoms with Gasteiger partial charge in [0.15, 0.2) is 0 Å². The first-order valence-electron chi connectivity index (χ1n) is 6.55. The lowest BCUT2D eigenvalue weighted by Gasteiger charge is -2.22. The summed E-state index contributed by atoms with van der Waals surface area (Å²) < 4.78 is 37.9. The Balaban J connectivity index is 2.23. The Morgan fingerprint density at radius 1 is 1.22 bits per heavy atom. The maximum Gasteiger partial charge on any atom is 0.245 e. The zero-order valence-corrected chi connectivity index (χ0v) is 13.7. The molecule has 1 N–H and O–H groups in total. The minimum absolute atomic E-state index is 0.113. The third-order valence-corrected chi connectivity index (χ3v) is 4.37. The molecule has 0 spiro atoms. The number of sulfonamides is 1. The summed E-state index contributed by atoms with van der Waals surface area (Å²) >= 11 is 5.68. The Morgan fingerprint density at radius 2 is 1.87 bits per heavy atom. The van der Waals surface area contributed by atoms with Gasteiger partial charge >= 0.3 is 0 Å². The number of nitrogens with one attached hydrogen (secondary N) is 1. The Labute approximate surface area is 138 Å². The van der Waals surface area contributed by atoms with Gasteiger partial charge in [-0.3, -0.25) is 9.10 Å². The highest BCUT2D eigenvalue weighted by molar-refractivity contribution is 7.92. The van der Waals surface area contributed by atoms with Crippen molar-refractivity contribution in [1.29, 1.82) is 0 Å². The van der Waals surface area contributed by atoms with Gasteiger partial charge in [0.25, 0.3) is 0 Å². The van der Waals surface area contributed by atoms with Crippen molar-refractivity contribution < 1.29 is 17.6 Å². The lowest BCUT2D eigenvalue weighted by Crippen LogP contribution is -2.37. The van der Waals surface area contributed by atoms with Crippen LogP contribution in [-0.2, 0) is 14.8 Å². The molecule has 23 heavy (non-hydrogen) atoms. The fourth-order valence-electron chi connectivity index (χ4n) is 1.89. The van der Waals surface area contributed by atoms with Gasteiger partial charge < -0.3 is 5.32 Å². The Bertz CT molecular complexity index is 813. The molecule has 122 valence electrons. The Morgan fingerprint density at radius 3 is 2.43 bits per heavy atom. The van der Waals surface area contributed by atoms with Crippen LogP contribution in [0, 0.1) is 5.82 Å². The molecule has 8 heteroatoms. The van der Waals surface area contributed by atoms with E-state index < -0.39 is 28.3 Å². The van der Waals surface area contributed by atoms with E-state index in [1.165, 1.54) is 6.07 Å². The standard InChI is InChI=1S/C15H14ClFN2O3S/c1-23(21,22)19(12-7-8-14(17)13(16)9-12)10-15(20)18-11-5-3-2-4-6-11/h2-9H,10H2,1H3,(H,18,20). The van der Waals surface area contributed by atoms with Crippen LogP contribution < -0.4 is 9.62 Å². The van der Waals surface area contributed by atoms with Crippen LogP contribution in [0.25, 0.3) is 0 Å². The second-order valence-corrected chi connectivity index (χ2v) is 7.10. The Hall–Kier alpha value is -2.12. The van der Waals surface area contributed by atoms with E-state index in [0.29, 0.717) is 5.69 Å². The van der Waals surface area contributed by atoms with Crippen LogP contribution in [0.1, 0.15) is 0 Å². The number of carbonyl (C=O) groups is 1. The van der Waals surface area contributed by atoms with Gasteiger partial charge in [0, 0.05) is 5.69 Å². The molecule has 0 aromatic heterocycles. The third kappa shape index (κ3) is 4.67. The molecule has 0 fully saturated rings. The SMILES string of the molecule is CS(=O)(=O)N(CC(=O)Nc1ccccc1)c1ccc(F)c(Cl)c1. The first-order chi connectivity index (χ1) is 10.8. The molecular formula is C15H14ClFN2O3S. The fourth-order valence-corrected chi connectivity index (χ4v) is 2.92. The van der Waals surface area contributed by atoms with Crippen molar-refractivity contribution in [3.63, 3.8) is 0 Å². The predicted molar refractivity (Wildman–Crippen MR) is 88.7 cm³/mol. The number of hydrogen-bond acceptors (Lipinski definition) is 3. The molecule has 2 aromatic rings. The number of para-hydroxylation sites is 1. The van der Waals surface area contributed by atoms with E-state index in [0.717, 1.165) is 22.7 Å². The maximum atomic E-state index is 13.2. The normalized spacial score (nSPS) is 11.1. The van der Waals surface area contributed by atoms with Crippen LogP contribution in [0.3, 0.4) is 0 Å². The predicted octanol–water partition coefficient (Wildman–Crippen LogP) is 2.88. The maximum absolute atomic E-state index is 13.2. The number of nitrogens with zero attached hydrogens (tertiary/aromatic N) is 1. The molecule has 0 bridgehead atoms. The highest BCUT2D eigenvalue weighted by Crippen LogP contribution is 2.24. The summed E-state index contributed by atoms with van der Waals surface area (Å²) in [6.45, 7) is -0.449. The zero-order chi connectivity index (χ0) is 17.0. The van der Waals surface area contributed by atoms with Crippen molar-refractivity contribution in [2.45, 2.75) is 0 Å². The van der Waals surface area contributed by atoms with E-state index in [1.54, 1.807) is 30.3 Å². The molecule has 5 nitrogen and oxygen atoms in total. The molecule has 0 aliphatic heterocycles. The van der Waals surface area contributed by atoms with Gasteiger partial charge in [-0.25, -0.2) is 12.8 Å². The number of amides is 1. The van der Waals surface area contributed by atoms with E-state index in [1.807, 2.05) is 0 Å². The molecule has 2 aromatic carbocycles. The minimum Gasteiger partial charge on any atom is -0.325 e. The number of hydrogen-bond donors (Lipinski definition) is 1. The zero-order valence-electron chi connectivity index (χ0n) is 12.2. The van der Waals surface area contributed by atoms with Crippen molar-refractivity contribution in [2.24, 2.45) is 0 Å². The van der Waals surface area contributed by atoms with Crippen LogP contribution in [0.4, 0.5) is 15.8 Å². The van der Waals surface area contributed by atoms with Gasteiger partial charge in [-0.15, -0.1) is 0 Å². The second-order valence-electron chi connectivity index (χ2n) is 4.78. The Kier molecular flexibility index (Phi) is 5.23. The topological polar surface area (TPSA) is 66.5 Å². The molecule has 1 amide bonds. The lowest BCUT2D eigenvalue weighted by molar-refractivity contribution is -0.114. The van der Waals surface area contributed by atoms with Gasteiger partial charge in [0.2, 0.25) is 15.9 Å². The summed E-state index contributed by atoms with van der Waals surface area (Å²) in [6, 6.07) is 12.1. The molecule has 0 heterocycles. The smallest absolute Gasteiger partial charge is 0.245 e. The van der Waals surface area contributed by atoms with E-state index in [4.69, 9.17) is 11.6 Å².